The Hall–Kier alpha value is -2.96. The van der Waals surface area contributed by atoms with Crippen molar-refractivity contribution in [2.75, 3.05) is 12.4 Å². The molecule has 0 aromatic carbocycles. The molecule has 4 rings (SSSR count). The Bertz CT molecular complexity index is 995. The van der Waals surface area contributed by atoms with Gasteiger partial charge in [0.05, 0.1) is 17.1 Å². The van der Waals surface area contributed by atoms with Crippen LogP contribution >= 0.6 is 0 Å². The number of nitrogen functional groups attached to an aromatic ring is 1. The van der Waals surface area contributed by atoms with Gasteiger partial charge in [0.15, 0.2) is 11.4 Å². The maximum absolute atomic E-state index is 12.8. The molecule has 2 heterocycles. The molecule has 0 radical (unpaired) electrons. The summed E-state index contributed by atoms with van der Waals surface area (Å²) in [5.74, 6) is 6.04. The number of allylic oxidation sites excluding steroid dienone is 3. The second-order valence-corrected chi connectivity index (χ2v) is 7.13. The van der Waals surface area contributed by atoms with E-state index in [9.17, 15) is 9.59 Å². The zero-order valence-corrected chi connectivity index (χ0v) is 14.9. The molecule has 0 spiro atoms. The highest BCUT2D eigenvalue weighted by Crippen LogP contribution is 2.40. The van der Waals surface area contributed by atoms with Gasteiger partial charge in [-0.1, -0.05) is 11.6 Å². The van der Waals surface area contributed by atoms with Gasteiger partial charge in [-0.2, -0.15) is 9.89 Å². The van der Waals surface area contributed by atoms with Gasteiger partial charge < -0.3 is 11.2 Å². The minimum Gasteiger partial charge on any atom is -0.348 e. The maximum atomic E-state index is 12.8. The van der Waals surface area contributed by atoms with Crippen molar-refractivity contribution in [1.29, 1.82) is 0 Å². The number of carbonyl (C=O) groups excluding carboxylic acids is 2. The summed E-state index contributed by atoms with van der Waals surface area (Å²) in [6, 6.07) is 1.82. The molecule has 1 saturated carbocycles. The summed E-state index contributed by atoms with van der Waals surface area (Å²) in [6.45, 7) is 4.05. The molecular weight excluding hydrogens is 330 g/mol. The van der Waals surface area contributed by atoms with Gasteiger partial charge in [0.2, 0.25) is 0 Å². The van der Waals surface area contributed by atoms with E-state index in [2.05, 4.69) is 15.4 Å². The van der Waals surface area contributed by atoms with Crippen LogP contribution in [0.2, 0.25) is 0 Å². The van der Waals surface area contributed by atoms with E-state index in [4.69, 9.17) is 5.84 Å². The van der Waals surface area contributed by atoms with Crippen LogP contribution in [-0.2, 0) is 4.79 Å². The number of amides is 1. The van der Waals surface area contributed by atoms with Crippen molar-refractivity contribution in [3.05, 3.63) is 46.3 Å². The summed E-state index contributed by atoms with van der Waals surface area (Å²) >= 11 is 0. The van der Waals surface area contributed by atoms with Gasteiger partial charge in [0.25, 0.3) is 5.91 Å². The average Bonchev–Trinajstić information content (AvgIpc) is 3.37. The molecule has 2 aromatic rings. The highest BCUT2D eigenvalue weighted by Gasteiger charge is 2.28. The molecule has 1 fully saturated rings. The third-order valence-electron chi connectivity index (χ3n) is 4.97. The van der Waals surface area contributed by atoms with Gasteiger partial charge in [-0.05, 0) is 38.3 Å². The van der Waals surface area contributed by atoms with Crippen LogP contribution in [0, 0.1) is 0 Å². The lowest BCUT2D eigenvalue weighted by atomic mass is 9.92. The van der Waals surface area contributed by atoms with Gasteiger partial charge in [0, 0.05) is 30.2 Å². The van der Waals surface area contributed by atoms with Crippen LogP contribution in [0.25, 0.3) is 11.0 Å². The summed E-state index contributed by atoms with van der Waals surface area (Å²) in [4.78, 5) is 30.8. The molecule has 1 amide bonds. The molecule has 7 heteroatoms. The molecule has 7 nitrogen and oxygen atoms in total. The Labute approximate surface area is 150 Å². The SMILES string of the molecule is CC1=CC(C)=C(CNC(=O)c2cc(C3CC3)nc3c2cnn3N)C(=O)C1. The first-order valence-electron chi connectivity index (χ1n) is 8.76. The van der Waals surface area contributed by atoms with Gasteiger partial charge in [-0.15, -0.1) is 0 Å². The number of hydrogen-bond donors (Lipinski definition) is 2. The minimum atomic E-state index is -0.244. The molecule has 0 atom stereocenters. The Morgan fingerprint density at radius 1 is 1.38 bits per heavy atom. The third kappa shape index (κ3) is 2.89. The standard InChI is InChI=1S/C19H21N5O2/c1-10-5-11(2)14(17(25)6-10)8-21-19(26)13-7-16(12-3-4-12)23-18-15(13)9-22-24(18)20/h5,7,9,12H,3-4,6,8,20H2,1-2H3,(H,21,26). The molecule has 2 aromatic heterocycles. The van der Waals surface area contributed by atoms with Crippen LogP contribution in [0.3, 0.4) is 0 Å². The maximum Gasteiger partial charge on any atom is 0.252 e. The first kappa shape index (κ1) is 16.5. The average molecular weight is 351 g/mol. The highest BCUT2D eigenvalue weighted by atomic mass is 16.2. The summed E-state index contributed by atoms with van der Waals surface area (Å²) in [5, 5.41) is 7.52. The van der Waals surface area contributed by atoms with Crippen molar-refractivity contribution in [2.45, 2.75) is 39.0 Å². The van der Waals surface area contributed by atoms with Crippen LogP contribution in [0.15, 0.2) is 35.1 Å². The number of ketones is 1. The molecular formula is C19H21N5O2. The van der Waals surface area contributed by atoms with Crippen molar-refractivity contribution in [3.8, 4) is 0 Å². The topological polar surface area (TPSA) is 103 Å². The fraction of sp³-hybridized carbons (Fsp3) is 0.368. The largest absolute Gasteiger partial charge is 0.348 e. The normalized spacial score (nSPS) is 17.6. The predicted octanol–water partition coefficient (Wildman–Crippen LogP) is 1.99. The monoisotopic (exact) mass is 351 g/mol. The minimum absolute atomic E-state index is 0.0659. The lowest BCUT2D eigenvalue weighted by Gasteiger charge is -2.16. The van der Waals surface area contributed by atoms with Gasteiger partial charge >= 0.3 is 0 Å². The number of Topliss-reactive ketones (excluding diaryl/α,β-unsaturated/α-hetero) is 1. The summed E-state index contributed by atoms with van der Waals surface area (Å²) in [6.07, 6.45) is 6.11. The molecule has 134 valence electrons. The number of nitrogens with one attached hydrogen (secondary N) is 1. The summed E-state index contributed by atoms with van der Waals surface area (Å²) in [5.41, 5.74) is 4.49. The van der Waals surface area contributed by atoms with Crippen LogP contribution in [0.4, 0.5) is 0 Å². The van der Waals surface area contributed by atoms with Crippen LogP contribution in [0.1, 0.15) is 55.1 Å². The van der Waals surface area contributed by atoms with Crippen LogP contribution < -0.4 is 11.2 Å². The Balaban J connectivity index is 1.62. The Morgan fingerprint density at radius 2 is 2.15 bits per heavy atom. The first-order chi connectivity index (χ1) is 12.4. The first-order valence-corrected chi connectivity index (χ1v) is 8.76. The van der Waals surface area contributed by atoms with E-state index in [1.807, 2.05) is 26.0 Å². The number of pyridine rings is 1. The number of aromatic nitrogens is 3. The fourth-order valence-corrected chi connectivity index (χ4v) is 3.40. The summed E-state index contributed by atoms with van der Waals surface area (Å²) < 4.78 is 0. The van der Waals surface area contributed by atoms with Gasteiger partial charge in [0.1, 0.15) is 0 Å². The lowest BCUT2D eigenvalue weighted by molar-refractivity contribution is -0.115. The quantitative estimate of drug-likeness (QED) is 0.820. The second-order valence-electron chi connectivity index (χ2n) is 7.13. The smallest absolute Gasteiger partial charge is 0.252 e. The number of carbonyl (C=O) groups is 2. The van der Waals surface area contributed by atoms with E-state index in [-0.39, 0.29) is 18.2 Å². The zero-order chi connectivity index (χ0) is 18.4. The highest BCUT2D eigenvalue weighted by molar-refractivity contribution is 6.06. The van der Waals surface area contributed by atoms with E-state index in [1.54, 1.807) is 6.20 Å². The molecule has 3 N–H and O–H groups in total. The zero-order valence-electron chi connectivity index (χ0n) is 14.9. The van der Waals surface area contributed by atoms with Crippen molar-refractivity contribution in [3.63, 3.8) is 0 Å². The van der Waals surface area contributed by atoms with E-state index in [0.29, 0.717) is 34.5 Å². The Morgan fingerprint density at radius 3 is 2.85 bits per heavy atom. The van der Waals surface area contributed by atoms with E-state index in [0.717, 1.165) is 29.7 Å². The lowest BCUT2D eigenvalue weighted by Crippen LogP contribution is -2.29. The number of rotatable bonds is 4. The van der Waals surface area contributed by atoms with Crippen molar-refractivity contribution in [2.24, 2.45) is 0 Å². The molecule has 0 aliphatic heterocycles. The van der Waals surface area contributed by atoms with Gasteiger partial charge in [-0.3, -0.25) is 9.59 Å². The fourth-order valence-electron chi connectivity index (χ4n) is 3.40. The summed E-state index contributed by atoms with van der Waals surface area (Å²) in [7, 11) is 0. The van der Waals surface area contributed by atoms with E-state index >= 15 is 0 Å². The van der Waals surface area contributed by atoms with Crippen molar-refractivity contribution in [1.82, 2.24) is 20.2 Å². The second kappa shape index (κ2) is 6.09. The Kier molecular flexibility index (Phi) is 3.86. The van der Waals surface area contributed by atoms with Gasteiger partial charge in [-0.25, -0.2) is 4.98 Å². The number of nitrogens with two attached hydrogens (primary N) is 1. The molecule has 2 aliphatic rings. The van der Waals surface area contributed by atoms with E-state index < -0.39 is 0 Å². The van der Waals surface area contributed by atoms with E-state index in [1.165, 1.54) is 4.79 Å². The van der Waals surface area contributed by atoms with Crippen LogP contribution in [0.5, 0.6) is 0 Å². The number of hydrogen-bond acceptors (Lipinski definition) is 5. The molecule has 0 saturated heterocycles. The van der Waals surface area contributed by atoms with Crippen molar-refractivity contribution >= 4 is 22.7 Å². The third-order valence-corrected chi connectivity index (χ3v) is 4.97. The molecule has 26 heavy (non-hydrogen) atoms. The number of fused-ring (bicyclic) bond motifs is 1. The molecule has 2 aliphatic carbocycles. The number of nitrogens with zero attached hydrogens (tertiary/aromatic N) is 3. The predicted molar refractivity (Wildman–Crippen MR) is 98.1 cm³/mol. The molecule has 0 unspecified atom stereocenters. The molecule has 0 bridgehead atoms. The van der Waals surface area contributed by atoms with Crippen molar-refractivity contribution < 1.29 is 9.59 Å². The van der Waals surface area contributed by atoms with Crippen LogP contribution in [-0.4, -0.2) is 33.1 Å².